The number of halogens is 2. The quantitative estimate of drug-likeness (QED) is 0.852. The highest BCUT2D eigenvalue weighted by atomic mass is 35.5. The minimum atomic E-state index is -0.345. The lowest BCUT2D eigenvalue weighted by Gasteiger charge is -2.42. The molecule has 1 atom stereocenters. The Labute approximate surface area is 162 Å². The lowest BCUT2D eigenvalue weighted by Crippen LogP contribution is -2.53. The van der Waals surface area contributed by atoms with Gasteiger partial charge in [-0.3, -0.25) is 9.48 Å². The van der Waals surface area contributed by atoms with Crippen LogP contribution in [0.5, 0.6) is 0 Å². The van der Waals surface area contributed by atoms with Crippen LogP contribution in [0.2, 0.25) is 0 Å². The molecule has 1 amide bonds. The molecule has 6 nitrogen and oxygen atoms in total. The summed E-state index contributed by atoms with van der Waals surface area (Å²) in [6, 6.07) is 0.294. The Balaban J connectivity index is 0.00000156. The van der Waals surface area contributed by atoms with Crippen molar-refractivity contribution in [3.63, 3.8) is 0 Å². The third-order valence-corrected chi connectivity index (χ3v) is 5.22. The summed E-state index contributed by atoms with van der Waals surface area (Å²) in [5.41, 5.74) is 0.824. The molecule has 0 aliphatic carbocycles. The molecule has 8 heteroatoms. The zero-order chi connectivity index (χ0) is 16.3. The van der Waals surface area contributed by atoms with Crippen LogP contribution in [-0.2, 0) is 9.53 Å². The molecule has 144 valence electrons. The molecule has 3 rings (SSSR count). The molecule has 2 aliphatic rings. The first-order chi connectivity index (χ1) is 11.1. The van der Waals surface area contributed by atoms with E-state index < -0.39 is 0 Å². The number of methoxy groups -OCH3 is 1. The number of piperidine rings is 2. The van der Waals surface area contributed by atoms with Gasteiger partial charge in [0.1, 0.15) is 0 Å². The normalized spacial score (nSPS) is 22.6. The van der Waals surface area contributed by atoms with Gasteiger partial charge in [-0.05, 0) is 51.3 Å². The lowest BCUT2D eigenvalue weighted by atomic mass is 9.78. The Kier molecular flexibility index (Phi) is 8.68. The Morgan fingerprint density at radius 2 is 2.12 bits per heavy atom. The second kappa shape index (κ2) is 9.76. The predicted octanol–water partition coefficient (Wildman–Crippen LogP) is 2.21. The maximum absolute atomic E-state index is 13.2. The molecule has 2 saturated heterocycles. The second-order valence-electron chi connectivity index (χ2n) is 7.01. The number of rotatable bonds is 4. The Morgan fingerprint density at radius 1 is 1.40 bits per heavy atom. The van der Waals surface area contributed by atoms with Gasteiger partial charge in [0, 0.05) is 26.4 Å². The highest BCUT2D eigenvalue weighted by Crippen LogP contribution is 2.34. The first-order valence-electron chi connectivity index (χ1n) is 8.64. The summed E-state index contributed by atoms with van der Waals surface area (Å²) in [5.74, 6) is 0.273. The summed E-state index contributed by atoms with van der Waals surface area (Å²) in [5, 5.41) is 7.80. The first-order valence-corrected chi connectivity index (χ1v) is 8.64. The van der Waals surface area contributed by atoms with Crippen molar-refractivity contribution in [3.05, 3.63) is 18.0 Å². The van der Waals surface area contributed by atoms with Crippen LogP contribution in [0.15, 0.2) is 12.4 Å². The van der Waals surface area contributed by atoms with E-state index in [-0.39, 0.29) is 36.1 Å². The largest absolute Gasteiger partial charge is 0.384 e. The van der Waals surface area contributed by atoms with Crippen LogP contribution in [0.1, 0.15) is 37.3 Å². The highest BCUT2D eigenvalue weighted by molar-refractivity contribution is 5.85. The molecule has 0 saturated carbocycles. The zero-order valence-corrected chi connectivity index (χ0v) is 16.7. The van der Waals surface area contributed by atoms with E-state index in [2.05, 4.69) is 28.4 Å². The summed E-state index contributed by atoms with van der Waals surface area (Å²) in [7, 11) is 1.70. The van der Waals surface area contributed by atoms with E-state index >= 15 is 0 Å². The molecule has 2 aliphatic heterocycles. The van der Waals surface area contributed by atoms with E-state index in [1.807, 2.05) is 10.9 Å². The summed E-state index contributed by atoms with van der Waals surface area (Å²) in [4.78, 5) is 15.3. The third kappa shape index (κ3) is 4.88. The van der Waals surface area contributed by atoms with Gasteiger partial charge in [0.05, 0.1) is 24.3 Å². The Hall–Kier alpha value is -0.820. The van der Waals surface area contributed by atoms with Gasteiger partial charge in [0.25, 0.3) is 0 Å². The van der Waals surface area contributed by atoms with Crippen molar-refractivity contribution in [2.45, 2.75) is 38.6 Å². The molecule has 2 fully saturated rings. The fourth-order valence-electron chi connectivity index (χ4n) is 3.92. The Bertz CT molecular complexity index is 541. The molecule has 0 bridgehead atoms. The highest BCUT2D eigenvalue weighted by Gasteiger charge is 2.43. The number of carbonyl (C=O) groups is 1. The molecule has 3 heterocycles. The van der Waals surface area contributed by atoms with Gasteiger partial charge in [-0.15, -0.1) is 24.8 Å². The van der Waals surface area contributed by atoms with Crippen LogP contribution >= 0.6 is 24.8 Å². The van der Waals surface area contributed by atoms with Crippen LogP contribution in [0.25, 0.3) is 0 Å². The number of amides is 1. The topological polar surface area (TPSA) is 59.4 Å². The molecule has 1 aromatic rings. The van der Waals surface area contributed by atoms with Gasteiger partial charge in [-0.2, -0.15) is 5.10 Å². The number of nitrogens with one attached hydrogen (secondary N) is 1. The second-order valence-corrected chi connectivity index (χ2v) is 7.01. The maximum atomic E-state index is 13.2. The van der Waals surface area contributed by atoms with E-state index in [0.29, 0.717) is 12.6 Å². The van der Waals surface area contributed by atoms with Gasteiger partial charge in [0.15, 0.2) is 0 Å². The number of ether oxygens (including phenoxy) is 1. The van der Waals surface area contributed by atoms with Crippen molar-refractivity contribution in [3.8, 4) is 0 Å². The van der Waals surface area contributed by atoms with Gasteiger partial charge in [-0.1, -0.05) is 0 Å². The van der Waals surface area contributed by atoms with Crippen LogP contribution in [0.3, 0.4) is 0 Å². The average Bonchev–Trinajstić information content (AvgIpc) is 3.02. The summed E-state index contributed by atoms with van der Waals surface area (Å²) >= 11 is 0. The minimum Gasteiger partial charge on any atom is -0.384 e. The number of carbonyl (C=O) groups excluding carboxylic acids is 1. The number of hydrogen-bond donors (Lipinski definition) is 1. The Morgan fingerprint density at radius 3 is 2.72 bits per heavy atom. The number of nitrogens with zero attached hydrogens (tertiary/aromatic N) is 3. The fourth-order valence-corrected chi connectivity index (χ4v) is 3.92. The summed E-state index contributed by atoms with van der Waals surface area (Å²) in [6.07, 6.45) is 7.82. The molecule has 0 radical (unpaired) electrons. The van der Waals surface area contributed by atoms with Crippen LogP contribution in [0.4, 0.5) is 0 Å². The number of hydrogen-bond acceptors (Lipinski definition) is 4. The molecule has 1 unspecified atom stereocenters. The van der Waals surface area contributed by atoms with Crippen LogP contribution in [0, 0.1) is 12.3 Å². The monoisotopic (exact) mass is 392 g/mol. The van der Waals surface area contributed by atoms with Crippen molar-refractivity contribution in [1.29, 1.82) is 0 Å². The SMILES string of the molecule is COCC1(C(=O)N2CCCC(n3cc(C)cn3)C2)CCNCC1.Cl.Cl. The van der Waals surface area contributed by atoms with E-state index in [0.717, 1.165) is 51.9 Å². The summed E-state index contributed by atoms with van der Waals surface area (Å²) < 4.78 is 7.45. The van der Waals surface area contributed by atoms with E-state index in [1.165, 1.54) is 5.56 Å². The number of aryl methyl sites for hydroxylation is 1. The number of likely N-dealkylation sites (tertiary alicyclic amines) is 1. The molecule has 0 aromatic carbocycles. The first kappa shape index (κ1) is 22.2. The fraction of sp³-hybridized carbons (Fsp3) is 0.765. The van der Waals surface area contributed by atoms with Crippen molar-refractivity contribution in [2.24, 2.45) is 5.41 Å². The van der Waals surface area contributed by atoms with Crippen molar-refractivity contribution in [1.82, 2.24) is 20.0 Å². The molecular formula is C17H30Cl2N4O2. The zero-order valence-electron chi connectivity index (χ0n) is 15.1. The minimum absolute atomic E-state index is 0. The third-order valence-electron chi connectivity index (χ3n) is 5.22. The van der Waals surface area contributed by atoms with Crippen LogP contribution < -0.4 is 5.32 Å². The van der Waals surface area contributed by atoms with E-state index in [1.54, 1.807) is 7.11 Å². The van der Waals surface area contributed by atoms with Gasteiger partial charge >= 0.3 is 0 Å². The van der Waals surface area contributed by atoms with Gasteiger partial charge in [0.2, 0.25) is 5.91 Å². The van der Waals surface area contributed by atoms with E-state index in [9.17, 15) is 4.79 Å². The summed E-state index contributed by atoms with van der Waals surface area (Å²) in [6.45, 7) is 5.98. The molecule has 1 N–H and O–H groups in total. The maximum Gasteiger partial charge on any atom is 0.231 e. The average molecular weight is 393 g/mol. The molecule has 25 heavy (non-hydrogen) atoms. The number of aromatic nitrogens is 2. The lowest BCUT2D eigenvalue weighted by molar-refractivity contribution is -0.149. The molecule has 1 aromatic heterocycles. The standard InChI is InChI=1S/C17H28N4O2.2ClH/c1-14-10-19-21(11-14)15-4-3-9-20(12-15)16(22)17(13-23-2)5-7-18-8-6-17;;/h10-11,15,18H,3-9,12-13H2,1-2H3;2*1H. The predicted molar refractivity (Wildman–Crippen MR) is 103 cm³/mol. The van der Waals surface area contributed by atoms with E-state index in [4.69, 9.17) is 4.74 Å². The molecular weight excluding hydrogens is 363 g/mol. The van der Waals surface area contributed by atoms with Crippen molar-refractivity contribution >= 4 is 30.7 Å². The van der Waals surface area contributed by atoms with Gasteiger partial charge in [-0.25, -0.2) is 0 Å². The smallest absolute Gasteiger partial charge is 0.231 e. The van der Waals surface area contributed by atoms with Crippen molar-refractivity contribution < 1.29 is 9.53 Å². The molecule has 0 spiro atoms. The van der Waals surface area contributed by atoms with Gasteiger partial charge < -0.3 is 15.0 Å². The van der Waals surface area contributed by atoms with Crippen molar-refractivity contribution in [2.75, 3.05) is 39.9 Å². The van der Waals surface area contributed by atoms with Crippen LogP contribution in [-0.4, -0.2) is 60.5 Å².